The van der Waals surface area contributed by atoms with E-state index >= 15 is 0 Å². The standard InChI is InChI=1S/C12H19NOSi/c1-11(10-14-15(2,3)4)13-12-8-6-5-7-9-12/h5-9H,10H2,1-4H3. The Bertz CT molecular complexity index is 327. The van der Waals surface area contributed by atoms with E-state index in [2.05, 4.69) is 24.6 Å². The Balaban J connectivity index is 2.54. The van der Waals surface area contributed by atoms with E-state index in [0.717, 1.165) is 11.4 Å². The summed E-state index contributed by atoms with van der Waals surface area (Å²) in [5, 5.41) is 0. The molecular weight excluding hydrogens is 202 g/mol. The molecule has 0 spiro atoms. The van der Waals surface area contributed by atoms with Gasteiger partial charge in [-0.1, -0.05) is 18.2 Å². The van der Waals surface area contributed by atoms with Crippen LogP contribution in [0.2, 0.25) is 19.6 Å². The first-order chi connectivity index (χ1) is 6.97. The van der Waals surface area contributed by atoms with Crippen LogP contribution in [0.15, 0.2) is 35.3 Å². The van der Waals surface area contributed by atoms with E-state index in [1.165, 1.54) is 0 Å². The molecule has 0 fully saturated rings. The number of rotatable bonds is 4. The lowest BCUT2D eigenvalue weighted by atomic mass is 10.3. The molecule has 0 aliphatic carbocycles. The summed E-state index contributed by atoms with van der Waals surface area (Å²) in [4.78, 5) is 4.48. The highest BCUT2D eigenvalue weighted by Crippen LogP contribution is 2.10. The van der Waals surface area contributed by atoms with E-state index in [1.807, 2.05) is 37.3 Å². The lowest BCUT2D eigenvalue weighted by Gasteiger charge is -2.16. The Morgan fingerprint density at radius 1 is 1.20 bits per heavy atom. The maximum Gasteiger partial charge on any atom is 0.184 e. The molecule has 15 heavy (non-hydrogen) atoms. The van der Waals surface area contributed by atoms with Crippen LogP contribution in [0, 0.1) is 0 Å². The van der Waals surface area contributed by atoms with Crippen LogP contribution in [0.1, 0.15) is 6.92 Å². The normalized spacial score (nSPS) is 12.9. The van der Waals surface area contributed by atoms with Crippen molar-refractivity contribution in [3.8, 4) is 0 Å². The van der Waals surface area contributed by atoms with Gasteiger partial charge in [-0.05, 0) is 38.7 Å². The van der Waals surface area contributed by atoms with Crippen LogP contribution in [0.4, 0.5) is 5.69 Å². The fourth-order valence-corrected chi connectivity index (χ4v) is 1.72. The lowest BCUT2D eigenvalue weighted by Crippen LogP contribution is -2.27. The van der Waals surface area contributed by atoms with E-state index in [9.17, 15) is 0 Å². The molecule has 0 bridgehead atoms. The molecule has 0 N–H and O–H groups in total. The number of hydrogen-bond acceptors (Lipinski definition) is 2. The molecule has 0 unspecified atom stereocenters. The molecule has 0 saturated carbocycles. The smallest absolute Gasteiger partial charge is 0.184 e. The summed E-state index contributed by atoms with van der Waals surface area (Å²) in [6.07, 6.45) is 0. The summed E-state index contributed by atoms with van der Waals surface area (Å²) in [5.74, 6) is 0. The molecule has 1 rings (SSSR count). The quantitative estimate of drug-likeness (QED) is 0.562. The zero-order valence-corrected chi connectivity index (χ0v) is 10.9. The first kappa shape index (κ1) is 12.1. The van der Waals surface area contributed by atoms with Gasteiger partial charge in [0.1, 0.15) is 0 Å². The van der Waals surface area contributed by atoms with E-state index in [4.69, 9.17) is 4.43 Å². The molecule has 2 nitrogen and oxygen atoms in total. The van der Waals surface area contributed by atoms with E-state index in [0.29, 0.717) is 6.61 Å². The van der Waals surface area contributed by atoms with Crippen LogP contribution in [0.5, 0.6) is 0 Å². The first-order valence-electron chi connectivity index (χ1n) is 5.20. The van der Waals surface area contributed by atoms with Crippen molar-refractivity contribution in [3.05, 3.63) is 30.3 Å². The molecule has 3 heteroatoms. The van der Waals surface area contributed by atoms with Gasteiger partial charge in [0.05, 0.1) is 12.3 Å². The molecule has 82 valence electrons. The number of aliphatic imine (C=N–C) groups is 1. The van der Waals surface area contributed by atoms with E-state index in [-0.39, 0.29) is 0 Å². The van der Waals surface area contributed by atoms with Gasteiger partial charge in [0.15, 0.2) is 8.32 Å². The van der Waals surface area contributed by atoms with Gasteiger partial charge in [0.25, 0.3) is 0 Å². The van der Waals surface area contributed by atoms with Gasteiger partial charge >= 0.3 is 0 Å². The fourth-order valence-electron chi connectivity index (χ4n) is 1.08. The number of nitrogens with zero attached hydrogens (tertiary/aromatic N) is 1. The van der Waals surface area contributed by atoms with Crippen LogP contribution < -0.4 is 0 Å². The van der Waals surface area contributed by atoms with Gasteiger partial charge < -0.3 is 4.43 Å². The average Bonchev–Trinajstić information content (AvgIpc) is 2.15. The molecule has 0 radical (unpaired) electrons. The first-order valence-corrected chi connectivity index (χ1v) is 8.61. The summed E-state index contributed by atoms with van der Waals surface area (Å²) >= 11 is 0. The van der Waals surface area contributed by atoms with Gasteiger partial charge in [-0.15, -0.1) is 0 Å². The Labute approximate surface area is 93.1 Å². The number of benzene rings is 1. The Morgan fingerprint density at radius 2 is 1.80 bits per heavy atom. The zero-order valence-electron chi connectivity index (χ0n) is 9.95. The zero-order chi connectivity index (χ0) is 11.3. The molecule has 1 aromatic carbocycles. The van der Waals surface area contributed by atoms with Crippen molar-refractivity contribution in [2.24, 2.45) is 4.99 Å². The van der Waals surface area contributed by atoms with Crippen LogP contribution in [-0.2, 0) is 4.43 Å². The molecule has 0 heterocycles. The molecule has 0 aromatic heterocycles. The van der Waals surface area contributed by atoms with Gasteiger partial charge in [-0.25, -0.2) is 0 Å². The third kappa shape index (κ3) is 5.49. The van der Waals surface area contributed by atoms with Crippen LogP contribution >= 0.6 is 0 Å². The van der Waals surface area contributed by atoms with E-state index < -0.39 is 8.32 Å². The number of hydrogen-bond donors (Lipinski definition) is 0. The summed E-state index contributed by atoms with van der Waals surface area (Å²) in [5.41, 5.74) is 2.03. The van der Waals surface area contributed by atoms with Gasteiger partial charge in [-0.3, -0.25) is 4.99 Å². The summed E-state index contributed by atoms with van der Waals surface area (Å²) in [6, 6.07) is 9.97. The predicted octanol–water partition coefficient (Wildman–Crippen LogP) is 3.63. The van der Waals surface area contributed by atoms with Crippen molar-refractivity contribution in [2.45, 2.75) is 26.6 Å². The Kier molecular flexibility index (Phi) is 4.24. The van der Waals surface area contributed by atoms with Crippen LogP contribution in [0.25, 0.3) is 0 Å². The second-order valence-corrected chi connectivity index (χ2v) is 9.10. The lowest BCUT2D eigenvalue weighted by molar-refractivity contribution is 0.371. The molecule has 0 atom stereocenters. The molecular formula is C12H19NOSi. The van der Waals surface area contributed by atoms with Crippen molar-refractivity contribution < 1.29 is 4.43 Å². The molecule has 0 aliphatic rings. The second kappa shape index (κ2) is 5.23. The third-order valence-corrected chi connectivity index (χ3v) is 2.80. The Morgan fingerprint density at radius 3 is 2.33 bits per heavy atom. The molecule has 1 aromatic rings. The van der Waals surface area contributed by atoms with Crippen molar-refractivity contribution in [1.29, 1.82) is 0 Å². The van der Waals surface area contributed by atoms with Crippen LogP contribution in [-0.4, -0.2) is 20.6 Å². The highest BCUT2D eigenvalue weighted by molar-refractivity contribution is 6.69. The van der Waals surface area contributed by atoms with Crippen LogP contribution in [0.3, 0.4) is 0 Å². The predicted molar refractivity (Wildman–Crippen MR) is 68.5 cm³/mol. The summed E-state index contributed by atoms with van der Waals surface area (Å²) in [6.45, 7) is 9.20. The Hall–Kier alpha value is -0.933. The maximum atomic E-state index is 5.77. The largest absolute Gasteiger partial charge is 0.412 e. The van der Waals surface area contributed by atoms with Crippen molar-refractivity contribution in [1.82, 2.24) is 0 Å². The van der Waals surface area contributed by atoms with Crippen molar-refractivity contribution >= 4 is 19.7 Å². The molecule has 0 amide bonds. The second-order valence-electron chi connectivity index (χ2n) is 4.58. The molecule has 0 saturated heterocycles. The molecule has 0 aliphatic heterocycles. The van der Waals surface area contributed by atoms with Crippen molar-refractivity contribution in [3.63, 3.8) is 0 Å². The third-order valence-electron chi connectivity index (χ3n) is 1.79. The minimum Gasteiger partial charge on any atom is -0.412 e. The summed E-state index contributed by atoms with van der Waals surface area (Å²) < 4.78 is 5.77. The highest BCUT2D eigenvalue weighted by atomic mass is 28.4. The van der Waals surface area contributed by atoms with Gasteiger partial charge in [0, 0.05) is 5.71 Å². The minimum absolute atomic E-state index is 0.643. The number of para-hydroxylation sites is 1. The van der Waals surface area contributed by atoms with Crippen molar-refractivity contribution in [2.75, 3.05) is 6.61 Å². The highest BCUT2D eigenvalue weighted by Gasteiger charge is 2.13. The van der Waals surface area contributed by atoms with Gasteiger partial charge in [-0.2, -0.15) is 0 Å². The van der Waals surface area contributed by atoms with E-state index in [1.54, 1.807) is 0 Å². The topological polar surface area (TPSA) is 21.6 Å². The monoisotopic (exact) mass is 221 g/mol. The minimum atomic E-state index is -1.42. The fraction of sp³-hybridized carbons (Fsp3) is 0.417. The maximum absolute atomic E-state index is 5.77. The average molecular weight is 221 g/mol. The summed E-state index contributed by atoms with van der Waals surface area (Å²) in [7, 11) is -1.42. The SMILES string of the molecule is CC(CO[Si](C)(C)C)=Nc1ccccc1. The van der Waals surface area contributed by atoms with Gasteiger partial charge in [0.2, 0.25) is 0 Å².